The molecule has 12 aromatic carbocycles. The molecule has 0 aliphatic heterocycles. The minimum Gasteiger partial charge on any atom is -0.456 e. The first-order valence-corrected chi connectivity index (χ1v) is 26.2. The summed E-state index contributed by atoms with van der Waals surface area (Å²) in [7, 11) is 0. The van der Waals surface area contributed by atoms with Crippen molar-refractivity contribution in [2.24, 2.45) is 0 Å². The van der Waals surface area contributed by atoms with Gasteiger partial charge in [0.15, 0.2) is 0 Å². The second-order valence-electron chi connectivity index (χ2n) is 20.3. The summed E-state index contributed by atoms with van der Waals surface area (Å²) in [4.78, 5) is 2.47. The lowest BCUT2D eigenvalue weighted by molar-refractivity contribution is 0.669. The van der Waals surface area contributed by atoms with Crippen LogP contribution in [0.2, 0.25) is 0 Å². The number of anilines is 3. The van der Waals surface area contributed by atoms with Crippen molar-refractivity contribution in [1.29, 1.82) is 0 Å². The fraction of sp³-hybridized carbons (Fsp3) is 0.0137. The zero-order valence-electron chi connectivity index (χ0n) is 41.4. The number of fused-ring (bicyclic) bond motifs is 16. The van der Waals surface area contributed by atoms with Gasteiger partial charge in [-0.05, 0) is 151 Å². The molecule has 3 heteroatoms. The highest BCUT2D eigenvalue weighted by Gasteiger charge is 2.52. The minimum atomic E-state index is -0.455. The van der Waals surface area contributed by atoms with Crippen molar-refractivity contribution in [3.05, 3.63) is 301 Å². The van der Waals surface area contributed by atoms with Crippen LogP contribution in [-0.2, 0) is 5.41 Å². The number of aromatic nitrogens is 1. The number of furan rings is 1. The molecule has 0 amide bonds. The number of nitrogens with zero attached hydrogens (tertiary/aromatic N) is 2. The fourth-order valence-electron chi connectivity index (χ4n) is 13.2. The van der Waals surface area contributed by atoms with E-state index in [1.807, 2.05) is 0 Å². The molecule has 76 heavy (non-hydrogen) atoms. The molecule has 2 aliphatic rings. The highest BCUT2D eigenvalue weighted by molar-refractivity contribution is 6.14. The minimum absolute atomic E-state index is 0.455. The third kappa shape index (κ3) is 6.11. The van der Waals surface area contributed by atoms with Gasteiger partial charge in [-0.1, -0.05) is 200 Å². The number of hydrogen-bond donors (Lipinski definition) is 0. The first kappa shape index (κ1) is 42.5. The van der Waals surface area contributed by atoms with Gasteiger partial charge in [-0.15, -0.1) is 0 Å². The molecule has 2 aliphatic carbocycles. The predicted molar refractivity (Wildman–Crippen MR) is 315 cm³/mol. The number of benzene rings is 12. The maximum atomic E-state index is 6.65. The smallest absolute Gasteiger partial charge is 0.136 e. The molecule has 0 unspecified atom stereocenters. The third-order valence-electron chi connectivity index (χ3n) is 16.4. The standard InChI is InChI=1S/C73H46N2O/c1-3-17-47(18-4-1)48-33-39-53(40-34-48)74(68-31-16-29-65-72(68)59-24-9-13-28-64(59)73(65)62-26-11-7-21-56(62)57-22-8-12-27-63(57)73)54-41-35-49(36-42-54)55-25-15-32-70-71(55)61-46-51(38-44-69(61)76-70)50-37-43-67-60(45-50)58-23-10-14-30-66(58)75(67)52-19-5-2-6-20-52/h1-46H. The van der Waals surface area contributed by atoms with E-state index in [1.54, 1.807) is 0 Å². The molecule has 0 bridgehead atoms. The molecule has 0 fully saturated rings. The zero-order chi connectivity index (χ0) is 49.9. The van der Waals surface area contributed by atoms with E-state index in [0.29, 0.717) is 0 Å². The third-order valence-corrected chi connectivity index (χ3v) is 16.4. The lowest BCUT2D eigenvalue weighted by Gasteiger charge is -2.32. The molecule has 0 radical (unpaired) electrons. The summed E-state index contributed by atoms with van der Waals surface area (Å²) in [6.07, 6.45) is 0. The van der Waals surface area contributed by atoms with Gasteiger partial charge in [0, 0.05) is 44.2 Å². The number of rotatable bonds is 7. The summed E-state index contributed by atoms with van der Waals surface area (Å²) in [6, 6.07) is 102. The first-order valence-electron chi connectivity index (χ1n) is 26.2. The summed E-state index contributed by atoms with van der Waals surface area (Å²) in [5.41, 5.74) is 25.5. The van der Waals surface area contributed by atoms with Gasteiger partial charge in [-0.25, -0.2) is 0 Å². The Labute approximate surface area is 440 Å². The highest BCUT2D eigenvalue weighted by atomic mass is 16.3. The van der Waals surface area contributed by atoms with Crippen LogP contribution in [0.5, 0.6) is 0 Å². The van der Waals surface area contributed by atoms with E-state index in [9.17, 15) is 0 Å². The maximum Gasteiger partial charge on any atom is 0.136 e. The molecule has 0 N–H and O–H groups in total. The van der Waals surface area contributed by atoms with Crippen LogP contribution in [0.15, 0.2) is 283 Å². The van der Waals surface area contributed by atoms with Gasteiger partial charge in [0.25, 0.3) is 0 Å². The number of hydrogen-bond acceptors (Lipinski definition) is 2. The molecule has 14 aromatic rings. The molecule has 3 nitrogen and oxygen atoms in total. The van der Waals surface area contributed by atoms with Crippen molar-refractivity contribution in [1.82, 2.24) is 4.57 Å². The van der Waals surface area contributed by atoms with Crippen molar-refractivity contribution in [2.45, 2.75) is 5.41 Å². The summed E-state index contributed by atoms with van der Waals surface area (Å²) in [5.74, 6) is 0. The van der Waals surface area contributed by atoms with E-state index in [4.69, 9.17) is 4.42 Å². The van der Waals surface area contributed by atoms with E-state index >= 15 is 0 Å². The molecule has 16 rings (SSSR count). The van der Waals surface area contributed by atoms with Crippen LogP contribution in [0.3, 0.4) is 0 Å². The average molecular weight is 967 g/mol. The Morgan fingerprint density at radius 3 is 1.55 bits per heavy atom. The lowest BCUT2D eigenvalue weighted by Crippen LogP contribution is -2.26. The van der Waals surface area contributed by atoms with Gasteiger partial charge < -0.3 is 13.9 Å². The maximum absolute atomic E-state index is 6.65. The van der Waals surface area contributed by atoms with Gasteiger partial charge in [-0.3, -0.25) is 0 Å². The highest BCUT2D eigenvalue weighted by Crippen LogP contribution is 2.64. The Morgan fingerprint density at radius 1 is 0.316 bits per heavy atom. The molecule has 0 saturated heterocycles. The molecular formula is C73H46N2O. The SMILES string of the molecule is c1ccc(-c2ccc(N(c3ccc(-c4cccc5oc6ccc(-c7ccc8c(c7)c7ccccc7n8-c7ccccc7)cc6c45)cc3)c3cccc4c3-c3ccccc3C43c4ccccc4-c4ccccc43)cc2)cc1. The second-order valence-corrected chi connectivity index (χ2v) is 20.3. The normalized spacial score (nSPS) is 12.8. The first-order chi connectivity index (χ1) is 37.7. The van der Waals surface area contributed by atoms with Gasteiger partial charge in [0.1, 0.15) is 11.2 Å². The van der Waals surface area contributed by atoms with Crippen LogP contribution < -0.4 is 4.90 Å². The Balaban J connectivity index is 0.840. The van der Waals surface area contributed by atoms with Crippen LogP contribution >= 0.6 is 0 Å². The van der Waals surface area contributed by atoms with Crippen LogP contribution in [0.4, 0.5) is 17.1 Å². The molecule has 0 atom stereocenters. The van der Waals surface area contributed by atoms with Crippen molar-refractivity contribution in [2.75, 3.05) is 4.90 Å². The van der Waals surface area contributed by atoms with Crippen LogP contribution in [0.1, 0.15) is 22.3 Å². The second kappa shape index (κ2) is 16.5. The van der Waals surface area contributed by atoms with Crippen LogP contribution in [0.25, 0.3) is 105 Å². The van der Waals surface area contributed by atoms with Crippen LogP contribution in [-0.4, -0.2) is 4.57 Å². The van der Waals surface area contributed by atoms with E-state index in [2.05, 4.69) is 289 Å². The zero-order valence-corrected chi connectivity index (χ0v) is 41.4. The summed E-state index contributed by atoms with van der Waals surface area (Å²) in [5, 5.41) is 4.68. The summed E-state index contributed by atoms with van der Waals surface area (Å²) in [6.45, 7) is 0. The van der Waals surface area contributed by atoms with E-state index < -0.39 is 5.41 Å². The van der Waals surface area contributed by atoms with Crippen molar-refractivity contribution in [3.63, 3.8) is 0 Å². The average Bonchev–Trinajstić information content (AvgIpc) is 4.19. The van der Waals surface area contributed by atoms with Gasteiger partial charge in [0.05, 0.1) is 22.1 Å². The number of para-hydroxylation sites is 2. The van der Waals surface area contributed by atoms with Crippen molar-refractivity contribution in [3.8, 4) is 61.3 Å². The Bertz CT molecular complexity index is 4580. The lowest BCUT2D eigenvalue weighted by atomic mass is 9.70. The summed E-state index contributed by atoms with van der Waals surface area (Å²) >= 11 is 0. The van der Waals surface area contributed by atoms with Gasteiger partial charge in [-0.2, -0.15) is 0 Å². The Kier molecular flexibility index (Phi) is 9.25. The fourth-order valence-corrected chi connectivity index (χ4v) is 13.2. The topological polar surface area (TPSA) is 21.3 Å². The molecule has 2 aromatic heterocycles. The molecular weight excluding hydrogens is 921 g/mol. The largest absolute Gasteiger partial charge is 0.456 e. The van der Waals surface area contributed by atoms with Crippen molar-refractivity contribution < 1.29 is 4.42 Å². The quantitative estimate of drug-likeness (QED) is 0.159. The molecule has 354 valence electrons. The van der Waals surface area contributed by atoms with E-state index in [1.165, 1.54) is 83.0 Å². The monoisotopic (exact) mass is 966 g/mol. The van der Waals surface area contributed by atoms with Crippen LogP contribution in [0, 0.1) is 0 Å². The summed E-state index contributed by atoms with van der Waals surface area (Å²) < 4.78 is 9.02. The molecule has 0 saturated carbocycles. The molecule has 1 spiro atoms. The Hall–Kier alpha value is -9.96. The van der Waals surface area contributed by atoms with E-state index in [-0.39, 0.29) is 0 Å². The van der Waals surface area contributed by atoms with Gasteiger partial charge in [0.2, 0.25) is 0 Å². The Morgan fingerprint density at radius 2 is 0.829 bits per heavy atom. The predicted octanol–water partition coefficient (Wildman–Crippen LogP) is 19.5. The van der Waals surface area contributed by atoms with E-state index in [0.717, 1.165) is 61.4 Å². The molecule has 2 heterocycles. The van der Waals surface area contributed by atoms with Crippen molar-refractivity contribution >= 4 is 60.8 Å². The van der Waals surface area contributed by atoms with Gasteiger partial charge >= 0.3 is 0 Å².